The molecule has 1 aromatic heterocycles. The highest BCUT2D eigenvalue weighted by molar-refractivity contribution is 5.97. The third-order valence-corrected chi connectivity index (χ3v) is 10.1. The highest BCUT2D eigenvalue weighted by atomic mass is 16.5. The number of nitrogens with zero attached hydrogens (tertiary/aromatic N) is 5. The van der Waals surface area contributed by atoms with Crippen molar-refractivity contribution in [2.45, 2.75) is 39.2 Å². The van der Waals surface area contributed by atoms with E-state index < -0.39 is 5.91 Å². The number of benzene rings is 3. The zero-order valence-corrected chi connectivity index (χ0v) is 28.2. The average Bonchev–Trinajstić information content (AvgIpc) is 3.43. The molecule has 0 radical (unpaired) electrons. The van der Waals surface area contributed by atoms with Gasteiger partial charge in [-0.3, -0.25) is 14.5 Å². The first-order valence-corrected chi connectivity index (χ1v) is 16.5. The van der Waals surface area contributed by atoms with Gasteiger partial charge in [0, 0.05) is 63.0 Å². The summed E-state index contributed by atoms with van der Waals surface area (Å²) < 4.78 is 13.3. The summed E-state index contributed by atoms with van der Waals surface area (Å²) in [6.07, 6.45) is 2.33. The van der Waals surface area contributed by atoms with E-state index in [4.69, 9.17) is 20.2 Å². The van der Waals surface area contributed by atoms with Crippen LogP contribution in [-0.2, 0) is 4.79 Å². The van der Waals surface area contributed by atoms with Crippen LogP contribution in [0.4, 0.5) is 5.69 Å². The van der Waals surface area contributed by atoms with Gasteiger partial charge in [0.05, 0.1) is 30.8 Å². The number of methoxy groups -OCH3 is 2. The maximum Gasteiger partial charge on any atom is 0.248 e. The molecule has 1 saturated heterocycles. The number of anilines is 1. The average molecular weight is 639 g/mol. The van der Waals surface area contributed by atoms with Crippen molar-refractivity contribution >= 4 is 28.5 Å². The van der Waals surface area contributed by atoms with Gasteiger partial charge >= 0.3 is 0 Å². The van der Waals surface area contributed by atoms with E-state index in [1.54, 1.807) is 26.4 Å². The van der Waals surface area contributed by atoms with Crippen LogP contribution in [0.1, 0.15) is 46.8 Å². The van der Waals surface area contributed by atoms with E-state index in [1.807, 2.05) is 36.2 Å². The Morgan fingerprint density at radius 2 is 1.74 bits per heavy atom. The van der Waals surface area contributed by atoms with Crippen molar-refractivity contribution in [1.82, 2.24) is 19.4 Å². The normalized spacial score (nSPS) is 18.2. The van der Waals surface area contributed by atoms with Crippen LogP contribution in [-0.4, -0.2) is 91.7 Å². The van der Waals surface area contributed by atoms with Gasteiger partial charge in [-0.2, -0.15) is 0 Å². The zero-order chi connectivity index (χ0) is 33.2. The molecule has 2 aliphatic rings. The lowest BCUT2D eigenvalue weighted by Crippen LogP contribution is -2.47. The second kappa shape index (κ2) is 13.7. The summed E-state index contributed by atoms with van der Waals surface area (Å²) in [6.45, 7) is 10.2. The standard InChI is InChI=1S/C37H46N6O4/c1-24-8-6-9-32(25(24)2)42-18-16-41(17-19-42)15-7-14-40(3)37(45)27-20-28(21-27)43-33-22-26(35(38)44)10-12-31(33)39-36(43)30-23-29(46-4)11-13-34(30)47-5/h6,8-13,22-23,27-28H,7,14-21H2,1-5H3,(H2,38,44). The van der Waals surface area contributed by atoms with Crippen molar-refractivity contribution in [1.29, 1.82) is 0 Å². The van der Waals surface area contributed by atoms with Crippen molar-refractivity contribution in [2.75, 3.05) is 65.4 Å². The number of aryl methyl sites for hydroxylation is 1. The second-order valence-corrected chi connectivity index (χ2v) is 12.9. The number of amides is 2. The summed E-state index contributed by atoms with van der Waals surface area (Å²) >= 11 is 0. The minimum absolute atomic E-state index is 0.0321. The van der Waals surface area contributed by atoms with Gasteiger partial charge in [0.2, 0.25) is 11.8 Å². The molecule has 2 amide bonds. The first kappa shape index (κ1) is 32.4. The molecule has 6 rings (SSSR count). The predicted octanol–water partition coefficient (Wildman–Crippen LogP) is 5.06. The molecule has 0 spiro atoms. The number of hydrogen-bond acceptors (Lipinski definition) is 7. The Morgan fingerprint density at radius 3 is 2.45 bits per heavy atom. The smallest absolute Gasteiger partial charge is 0.248 e. The molecule has 4 aromatic rings. The number of fused-ring (bicyclic) bond motifs is 1. The number of imidazole rings is 1. The Hall–Kier alpha value is -4.57. The molecule has 0 atom stereocenters. The Balaban J connectivity index is 1.09. The number of primary amides is 1. The van der Waals surface area contributed by atoms with Gasteiger partial charge in [0.25, 0.3) is 0 Å². The van der Waals surface area contributed by atoms with Gasteiger partial charge in [-0.05, 0) is 93.2 Å². The van der Waals surface area contributed by atoms with Crippen LogP contribution in [0.2, 0.25) is 0 Å². The molecule has 2 fully saturated rings. The van der Waals surface area contributed by atoms with E-state index in [9.17, 15) is 9.59 Å². The lowest BCUT2D eigenvalue weighted by molar-refractivity contribution is -0.138. The third-order valence-electron chi connectivity index (χ3n) is 10.1. The van der Waals surface area contributed by atoms with Crippen molar-refractivity contribution in [3.8, 4) is 22.9 Å². The van der Waals surface area contributed by atoms with Gasteiger partial charge < -0.3 is 29.6 Å². The van der Waals surface area contributed by atoms with Crippen molar-refractivity contribution in [3.05, 3.63) is 71.3 Å². The summed E-state index contributed by atoms with van der Waals surface area (Å²) in [5.41, 5.74) is 12.4. The monoisotopic (exact) mass is 638 g/mol. The Bertz CT molecular complexity index is 1770. The Morgan fingerprint density at radius 1 is 0.979 bits per heavy atom. The van der Waals surface area contributed by atoms with Crippen LogP contribution < -0.4 is 20.1 Å². The van der Waals surface area contributed by atoms with E-state index in [1.165, 1.54) is 16.8 Å². The molecule has 248 valence electrons. The van der Waals surface area contributed by atoms with Crippen LogP contribution >= 0.6 is 0 Å². The first-order chi connectivity index (χ1) is 22.7. The Kier molecular flexibility index (Phi) is 9.40. The molecule has 1 aliphatic heterocycles. The number of hydrogen-bond donors (Lipinski definition) is 1. The molecule has 10 nitrogen and oxygen atoms in total. The lowest BCUT2D eigenvalue weighted by atomic mass is 9.78. The van der Waals surface area contributed by atoms with Gasteiger partial charge in [-0.25, -0.2) is 4.98 Å². The van der Waals surface area contributed by atoms with Gasteiger partial charge in [0.1, 0.15) is 17.3 Å². The van der Waals surface area contributed by atoms with Crippen molar-refractivity contribution in [2.24, 2.45) is 11.7 Å². The van der Waals surface area contributed by atoms with Crippen molar-refractivity contribution < 1.29 is 19.1 Å². The molecule has 0 unspecified atom stereocenters. The minimum Gasteiger partial charge on any atom is -0.497 e. The number of rotatable bonds is 11. The number of aromatic nitrogens is 2. The van der Waals surface area contributed by atoms with E-state index in [0.717, 1.165) is 62.3 Å². The zero-order valence-electron chi connectivity index (χ0n) is 28.2. The number of piperazine rings is 1. The van der Waals surface area contributed by atoms with E-state index in [2.05, 4.69) is 46.4 Å². The molecule has 2 N–H and O–H groups in total. The fraction of sp³-hybridized carbons (Fsp3) is 0.432. The molecule has 1 saturated carbocycles. The fourth-order valence-electron chi connectivity index (χ4n) is 7.04. The largest absolute Gasteiger partial charge is 0.497 e. The molecule has 2 heterocycles. The first-order valence-electron chi connectivity index (χ1n) is 16.5. The number of ether oxygens (including phenoxy) is 2. The maximum atomic E-state index is 13.5. The summed E-state index contributed by atoms with van der Waals surface area (Å²) in [5, 5.41) is 0. The molecule has 0 bridgehead atoms. The highest BCUT2D eigenvalue weighted by Crippen LogP contribution is 2.45. The highest BCUT2D eigenvalue weighted by Gasteiger charge is 2.39. The fourth-order valence-corrected chi connectivity index (χ4v) is 7.04. The number of nitrogens with two attached hydrogens (primary N) is 1. The van der Waals surface area contributed by atoms with E-state index in [0.29, 0.717) is 35.7 Å². The summed E-state index contributed by atoms with van der Waals surface area (Å²) in [7, 11) is 5.18. The minimum atomic E-state index is -0.494. The summed E-state index contributed by atoms with van der Waals surface area (Å²) in [6, 6.07) is 17.5. The number of carbonyl (C=O) groups excluding carboxylic acids is 2. The van der Waals surface area contributed by atoms with Gasteiger partial charge in [-0.15, -0.1) is 0 Å². The van der Waals surface area contributed by atoms with Crippen LogP contribution in [0.3, 0.4) is 0 Å². The lowest BCUT2D eigenvalue weighted by Gasteiger charge is -2.39. The number of carbonyl (C=O) groups is 2. The Labute approximate surface area is 277 Å². The van der Waals surface area contributed by atoms with Crippen LogP contribution in [0.15, 0.2) is 54.6 Å². The molecular formula is C37H46N6O4. The summed E-state index contributed by atoms with van der Waals surface area (Å²) in [4.78, 5) is 37.5. The quantitative estimate of drug-likeness (QED) is 0.245. The van der Waals surface area contributed by atoms with E-state index >= 15 is 0 Å². The van der Waals surface area contributed by atoms with Gasteiger partial charge in [-0.1, -0.05) is 12.1 Å². The predicted molar refractivity (Wildman–Crippen MR) is 185 cm³/mol. The maximum absolute atomic E-state index is 13.5. The molecule has 1 aliphatic carbocycles. The van der Waals surface area contributed by atoms with Crippen LogP contribution in [0.5, 0.6) is 11.5 Å². The SMILES string of the molecule is COc1ccc(OC)c(-c2nc3ccc(C(N)=O)cc3n2C2CC(C(=O)N(C)CCCN3CCN(c4cccc(C)c4C)CC3)C2)c1. The van der Waals surface area contributed by atoms with E-state index in [-0.39, 0.29) is 17.9 Å². The molecule has 3 aromatic carbocycles. The van der Waals surface area contributed by atoms with Crippen LogP contribution in [0.25, 0.3) is 22.4 Å². The molecular weight excluding hydrogens is 592 g/mol. The molecule has 47 heavy (non-hydrogen) atoms. The van der Waals surface area contributed by atoms with Crippen molar-refractivity contribution in [3.63, 3.8) is 0 Å². The third kappa shape index (κ3) is 6.52. The summed E-state index contributed by atoms with van der Waals surface area (Å²) in [5.74, 6) is 1.68. The van der Waals surface area contributed by atoms with Gasteiger partial charge in [0.15, 0.2) is 0 Å². The second-order valence-electron chi connectivity index (χ2n) is 12.9. The molecule has 10 heteroatoms. The topological polar surface area (TPSA) is 106 Å². The van der Waals surface area contributed by atoms with Crippen LogP contribution in [0, 0.1) is 19.8 Å².